The first-order chi connectivity index (χ1) is 14.2. The lowest BCUT2D eigenvalue weighted by Gasteiger charge is -2.38. The van der Waals surface area contributed by atoms with Crippen LogP contribution in [0.5, 0.6) is 5.75 Å². The van der Waals surface area contributed by atoms with E-state index in [2.05, 4.69) is 24.8 Å². The lowest BCUT2D eigenvalue weighted by atomic mass is 10.0. The van der Waals surface area contributed by atoms with Crippen LogP contribution >= 0.6 is 0 Å². The molecule has 1 heterocycles. The summed E-state index contributed by atoms with van der Waals surface area (Å²) in [4.78, 5) is 17.3. The van der Waals surface area contributed by atoms with Crippen LogP contribution < -0.4 is 4.74 Å². The summed E-state index contributed by atoms with van der Waals surface area (Å²) in [6, 6.07) is 18.4. The van der Waals surface area contributed by atoms with Gasteiger partial charge in [0.2, 0.25) is 0 Å². The van der Waals surface area contributed by atoms with Crippen molar-refractivity contribution in [3.63, 3.8) is 0 Å². The van der Waals surface area contributed by atoms with Crippen LogP contribution in [0.15, 0.2) is 54.6 Å². The highest BCUT2D eigenvalue weighted by atomic mass is 16.5. The fourth-order valence-electron chi connectivity index (χ4n) is 4.13. The molecule has 1 amide bonds. The molecule has 1 aliphatic rings. The van der Waals surface area contributed by atoms with Gasteiger partial charge in [0.05, 0.1) is 6.61 Å². The Morgan fingerprint density at radius 2 is 1.72 bits per heavy atom. The molecule has 0 aromatic heterocycles. The summed E-state index contributed by atoms with van der Waals surface area (Å²) < 4.78 is 5.97. The van der Waals surface area contributed by atoms with Gasteiger partial charge in [0, 0.05) is 31.2 Å². The fourth-order valence-corrected chi connectivity index (χ4v) is 4.13. The van der Waals surface area contributed by atoms with E-state index >= 15 is 0 Å². The van der Waals surface area contributed by atoms with E-state index in [4.69, 9.17) is 4.74 Å². The van der Waals surface area contributed by atoms with Crippen molar-refractivity contribution in [1.82, 2.24) is 9.80 Å². The largest absolute Gasteiger partial charge is 0.493 e. The quantitative estimate of drug-likeness (QED) is 0.574. The van der Waals surface area contributed by atoms with Gasteiger partial charge >= 0.3 is 0 Å². The Balaban J connectivity index is 1.45. The molecule has 29 heavy (non-hydrogen) atoms. The standard InChI is InChI=1S/C25H34N2O2/c1-3-16-26(17-9-20-29-24-13-8-7-10-21(24)2)23-14-18-27(19-15-23)25(28)22-11-5-4-6-12-22/h4-8,10-13,23H,3,9,14-20H2,1-2H3. The SMILES string of the molecule is CCCN(CCCOc1ccccc1C)C1CCN(C(=O)c2ccccc2)CC1. The van der Waals surface area contributed by atoms with Crippen LogP contribution in [-0.2, 0) is 0 Å². The van der Waals surface area contributed by atoms with Crippen LogP contribution in [-0.4, -0.2) is 54.5 Å². The van der Waals surface area contributed by atoms with Crippen molar-refractivity contribution in [3.05, 3.63) is 65.7 Å². The molecule has 0 saturated carbocycles. The minimum atomic E-state index is 0.165. The third kappa shape index (κ3) is 6.07. The first-order valence-electron chi connectivity index (χ1n) is 11.0. The van der Waals surface area contributed by atoms with E-state index in [-0.39, 0.29) is 5.91 Å². The van der Waals surface area contributed by atoms with E-state index in [1.165, 1.54) is 5.56 Å². The van der Waals surface area contributed by atoms with Crippen LogP contribution in [0, 0.1) is 6.92 Å². The second-order valence-electron chi connectivity index (χ2n) is 7.89. The fraction of sp³-hybridized carbons (Fsp3) is 0.480. The first-order valence-corrected chi connectivity index (χ1v) is 11.0. The second-order valence-corrected chi connectivity index (χ2v) is 7.89. The van der Waals surface area contributed by atoms with Crippen molar-refractivity contribution in [2.24, 2.45) is 0 Å². The van der Waals surface area contributed by atoms with E-state index in [0.717, 1.165) is 69.8 Å². The van der Waals surface area contributed by atoms with Crippen LogP contribution in [0.3, 0.4) is 0 Å². The van der Waals surface area contributed by atoms with E-state index in [1.54, 1.807) is 0 Å². The number of carbonyl (C=O) groups is 1. The van der Waals surface area contributed by atoms with Crippen LogP contribution in [0.25, 0.3) is 0 Å². The topological polar surface area (TPSA) is 32.8 Å². The molecule has 1 aliphatic heterocycles. The maximum absolute atomic E-state index is 12.7. The summed E-state index contributed by atoms with van der Waals surface area (Å²) in [7, 11) is 0. The van der Waals surface area contributed by atoms with Crippen molar-refractivity contribution in [2.75, 3.05) is 32.8 Å². The number of likely N-dealkylation sites (tertiary alicyclic amines) is 1. The average Bonchev–Trinajstić information content (AvgIpc) is 2.77. The molecule has 0 N–H and O–H groups in total. The third-order valence-corrected chi connectivity index (χ3v) is 5.74. The molecule has 3 rings (SSSR count). The number of amides is 1. The maximum atomic E-state index is 12.7. The second kappa shape index (κ2) is 11.0. The van der Waals surface area contributed by atoms with E-state index < -0.39 is 0 Å². The predicted molar refractivity (Wildman–Crippen MR) is 119 cm³/mol. The zero-order valence-corrected chi connectivity index (χ0v) is 17.8. The van der Waals surface area contributed by atoms with Gasteiger partial charge in [-0.2, -0.15) is 0 Å². The maximum Gasteiger partial charge on any atom is 0.253 e. The van der Waals surface area contributed by atoms with Crippen LogP contribution in [0.2, 0.25) is 0 Å². The molecular formula is C25H34N2O2. The van der Waals surface area contributed by atoms with Crippen molar-refractivity contribution < 1.29 is 9.53 Å². The zero-order valence-electron chi connectivity index (χ0n) is 17.8. The molecule has 0 radical (unpaired) electrons. The Kier molecular flexibility index (Phi) is 8.12. The summed E-state index contributed by atoms with van der Waals surface area (Å²) >= 11 is 0. The minimum absolute atomic E-state index is 0.165. The summed E-state index contributed by atoms with van der Waals surface area (Å²) in [6.45, 7) is 8.93. The number of hydrogen-bond donors (Lipinski definition) is 0. The van der Waals surface area contributed by atoms with Crippen molar-refractivity contribution >= 4 is 5.91 Å². The van der Waals surface area contributed by atoms with E-state index in [9.17, 15) is 4.79 Å². The van der Waals surface area contributed by atoms with Gasteiger partial charge in [-0.25, -0.2) is 0 Å². The molecule has 0 unspecified atom stereocenters. The van der Waals surface area contributed by atoms with Crippen molar-refractivity contribution in [1.29, 1.82) is 0 Å². The summed E-state index contributed by atoms with van der Waals surface area (Å²) in [6.07, 6.45) is 4.29. The lowest BCUT2D eigenvalue weighted by molar-refractivity contribution is 0.0611. The van der Waals surface area contributed by atoms with Gasteiger partial charge in [-0.05, 0) is 62.9 Å². The molecule has 2 aromatic carbocycles. The molecule has 1 saturated heterocycles. The molecule has 2 aromatic rings. The molecule has 0 aliphatic carbocycles. The van der Waals surface area contributed by atoms with Crippen LogP contribution in [0.4, 0.5) is 0 Å². The average molecular weight is 395 g/mol. The summed E-state index contributed by atoms with van der Waals surface area (Å²) in [5, 5.41) is 0. The van der Waals surface area contributed by atoms with E-state index in [0.29, 0.717) is 6.04 Å². The smallest absolute Gasteiger partial charge is 0.253 e. The molecule has 4 heteroatoms. The highest BCUT2D eigenvalue weighted by molar-refractivity contribution is 5.94. The highest BCUT2D eigenvalue weighted by Gasteiger charge is 2.26. The number of ether oxygens (including phenoxy) is 1. The number of benzene rings is 2. The molecular weight excluding hydrogens is 360 g/mol. The summed E-state index contributed by atoms with van der Waals surface area (Å²) in [5.74, 6) is 1.15. The van der Waals surface area contributed by atoms with Crippen molar-refractivity contribution in [3.8, 4) is 5.75 Å². The number of nitrogens with zero attached hydrogens (tertiary/aromatic N) is 2. The first kappa shape index (κ1) is 21.4. The highest BCUT2D eigenvalue weighted by Crippen LogP contribution is 2.20. The van der Waals surface area contributed by atoms with Gasteiger partial charge < -0.3 is 14.5 Å². The number of aryl methyl sites for hydroxylation is 1. The van der Waals surface area contributed by atoms with E-state index in [1.807, 2.05) is 53.4 Å². The lowest BCUT2D eigenvalue weighted by Crippen LogP contribution is -2.47. The Labute approximate surface area is 175 Å². The monoisotopic (exact) mass is 394 g/mol. The van der Waals surface area contributed by atoms with Gasteiger partial charge in [0.25, 0.3) is 5.91 Å². The predicted octanol–water partition coefficient (Wildman–Crippen LogP) is 4.78. The Bertz CT molecular complexity index is 754. The number of hydrogen-bond acceptors (Lipinski definition) is 3. The zero-order chi connectivity index (χ0) is 20.5. The molecule has 0 bridgehead atoms. The number of rotatable bonds is 9. The van der Waals surface area contributed by atoms with Gasteiger partial charge in [-0.15, -0.1) is 0 Å². The van der Waals surface area contributed by atoms with Crippen LogP contribution in [0.1, 0.15) is 48.5 Å². The Hall–Kier alpha value is -2.33. The Morgan fingerprint density at radius 3 is 2.41 bits per heavy atom. The molecule has 0 atom stereocenters. The minimum Gasteiger partial charge on any atom is -0.493 e. The van der Waals surface area contributed by atoms with Crippen molar-refractivity contribution in [2.45, 2.75) is 45.6 Å². The molecule has 156 valence electrons. The number of piperidine rings is 1. The Morgan fingerprint density at radius 1 is 1.03 bits per heavy atom. The van der Waals surface area contributed by atoms with Gasteiger partial charge in [-0.3, -0.25) is 4.79 Å². The normalized spacial score (nSPS) is 14.9. The molecule has 0 spiro atoms. The molecule has 1 fully saturated rings. The third-order valence-electron chi connectivity index (χ3n) is 5.74. The van der Waals surface area contributed by atoms with Gasteiger partial charge in [-0.1, -0.05) is 43.3 Å². The summed E-state index contributed by atoms with van der Waals surface area (Å²) in [5.41, 5.74) is 1.98. The number of para-hydroxylation sites is 1. The van der Waals surface area contributed by atoms with Gasteiger partial charge in [0.15, 0.2) is 0 Å². The van der Waals surface area contributed by atoms with Gasteiger partial charge in [0.1, 0.15) is 5.75 Å². The molecule has 4 nitrogen and oxygen atoms in total. The number of carbonyl (C=O) groups excluding carboxylic acids is 1.